The number of carbonyl (C=O) groups is 1. The highest BCUT2D eigenvalue weighted by Gasteiger charge is 2.18. The molecule has 1 fully saturated rings. The minimum absolute atomic E-state index is 0.224. The van der Waals surface area contributed by atoms with Gasteiger partial charge in [0.2, 0.25) is 10.0 Å². The number of hydrogen-bond acceptors (Lipinski definition) is 5. The van der Waals surface area contributed by atoms with Crippen LogP contribution in [-0.4, -0.2) is 51.7 Å². The van der Waals surface area contributed by atoms with Crippen molar-refractivity contribution in [1.82, 2.24) is 4.90 Å². The van der Waals surface area contributed by atoms with Crippen LogP contribution in [0.1, 0.15) is 23.2 Å². The summed E-state index contributed by atoms with van der Waals surface area (Å²) in [4.78, 5) is 14.7. The van der Waals surface area contributed by atoms with E-state index in [-0.39, 0.29) is 12.0 Å². The monoisotopic (exact) mass is 403 g/mol. The van der Waals surface area contributed by atoms with E-state index in [9.17, 15) is 13.2 Å². The van der Waals surface area contributed by atoms with Crippen LogP contribution in [0.5, 0.6) is 5.75 Å². The first kappa shape index (κ1) is 20.2. The Morgan fingerprint density at radius 1 is 1.07 bits per heavy atom. The quantitative estimate of drug-likeness (QED) is 0.774. The van der Waals surface area contributed by atoms with E-state index >= 15 is 0 Å². The molecular weight excluding hydrogens is 378 g/mol. The molecule has 0 aliphatic carbocycles. The minimum Gasteiger partial charge on any atom is -0.490 e. The molecule has 0 atom stereocenters. The first-order valence-corrected chi connectivity index (χ1v) is 11.0. The molecular formula is C20H25N3O4S. The number of amides is 1. The molecule has 0 unspecified atom stereocenters. The molecule has 3 rings (SSSR count). The van der Waals surface area contributed by atoms with Crippen LogP contribution in [0.25, 0.3) is 0 Å². The average molecular weight is 404 g/mol. The van der Waals surface area contributed by atoms with Crippen LogP contribution < -0.4 is 14.8 Å². The van der Waals surface area contributed by atoms with Gasteiger partial charge in [0.1, 0.15) is 11.9 Å². The summed E-state index contributed by atoms with van der Waals surface area (Å²) in [6, 6.07) is 13.6. The van der Waals surface area contributed by atoms with E-state index in [0.29, 0.717) is 16.9 Å². The average Bonchev–Trinajstić information content (AvgIpc) is 2.64. The van der Waals surface area contributed by atoms with Crippen molar-refractivity contribution in [3.8, 4) is 5.75 Å². The van der Waals surface area contributed by atoms with Gasteiger partial charge in [-0.3, -0.25) is 9.52 Å². The number of likely N-dealkylation sites (tertiary alicyclic amines) is 1. The summed E-state index contributed by atoms with van der Waals surface area (Å²) in [7, 11) is -1.29. The summed E-state index contributed by atoms with van der Waals surface area (Å²) in [6.07, 6.45) is 3.30. The van der Waals surface area contributed by atoms with Crippen LogP contribution in [0, 0.1) is 0 Å². The zero-order valence-corrected chi connectivity index (χ0v) is 16.8. The van der Waals surface area contributed by atoms with E-state index in [1.54, 1.807) is 30.3 Å². The molecule has 28 heavy (non-hydrogen) atoms. The molecule has 2 aromatic carbocycles. The van der Waals surface area contributed by atoms with E-state index in [1.807, 2.05) is 12.1 Å². The number of carbonyl (C=O) groups excluding carboxylic acids is 1. The number of hydrogen-bond donors (Lipinski definition) is 2. The third-order valence-electron chi connectivity index (χ3n) is 4.51. The normalized spacial score (nSPS) is 15.8. The van der Waals surface area contributed by atoms with Crippen molar-refractivity contribution in [1.29, 1.82) is 0 Å². The van der Waals surface area contributed by atoms with Crippen LogP contribution in [0.15, 0.2) is 48.5 Å². The third kappa shape index (κ3) is 5.97. The summed E-state index contributed by atoms with van der Waals surface area (Å²) >= 11 is 0. The number of nitrogens with zero attached hydrogens (tertiary/aromatic N) is 1. The van der Waals surface area contributed by atoms with Gasteiger partial charge in [-0.25, -0.2) is 8.42 Å². The summed E-state index contributed by atoms with van der Waals surface area (Å²) in [5.74, 6) is 0.466. The number of nitrogens with one attached hydrogen (secondary N) is 2. The molecule has 0 radical (unpaired) electrons. The van der Waals surface area contributed by atoms with Gasteiger partial charge in [0.15, 0.2) is 0 Å². The molecule has 0 aromatic heterocycles. The second-order valence-electron chi connectivity index (χ2n) is 7.05. The van der Waals surface area contributed by atoms with Gasteiger partial charge < -0.3 is 15.0 Å². The van der Waals surface area contributed by atoms with Gasteiger partial charge >= 0.3 is 0 Å². The second-order valence-corrected chi connectivity index (χ2v) is 8.80. The van der Waals surface area contributed by atoms with Crippen molar-refractivity contribution in [2.75, 3.05) is 36.4 Å². The summed E-state index contributed by atoms with van der Waals surface area (Å²) in [5.41, 5.74) is 1.35. The van der Waals surface area contributed by atoms with E-state index in [0.717, 1.165) is 37.9 Å². The van der Waals surface area contributed by atoms with Gasteiger partial charge in [0.05, 0.1) is 6.26 Å². The highest BCUT2D eigenvalue weighted by Crippen LogP contribution is 2.21. The van der Waals surface area contributed by atoms with Crippen LogP contribution in [-0.2, 0) is 10.0 Å². The maximum Gasteiger partial charge on any atom is 0.255 e. The third-order valence-corrected chi connectivity index (χ3v) is 5.12. The molecule has 1 heterocycles. The molecule has 8 heteroatoms. The van der Waals surface area contributed by atoms with Crippen molar-refractivity contribution >= 4 is 27.3 Å². The van der Waals surface area contributed by atoms with Gasteiger partial charge in [0.25, 0.3) is 5.91 Å². The van der Waals surface area contributed by atoms with Crippen molar-refractivity contribution in [2.45, 2.75) is 18.9 Å². The Morgan fingerprint density at radius 3 is 2.39 bits per heavy atom. The van der Waals surface area contributed by atoms with Gasteiger partial charge in [0, 0.05) is 30.0 Å². The predicted molar refractivity (Wildman–Crippen MR) is 110 cm³/mol. The highest BCUT2D eigenvalue weighted by molar-refractivity contribution is 7.92. The lowest BCUT2D eigenvalue weighted by atomic mass is 10.1. The molecule has 1 saturated heterocycles. The Labute approximate surface area is 165 Å². The first-order chi connectivity index (χ1) is 13.3. The van der Waals surface area contributed by atoms with Gasteiger partial charge in [-0.05, 0) is 62.4 Å². The fraction of sp³-hybridized carbons (Fsp3) is 0.350. The number of piperidine rings is 1. The number of rotatable bonds is 6. The number of ether oxygens (including phenoxy) is 1. The smallest absolute Gasteiger partial charge is 0.255 e. The molecule has 2 N–H and O–H groups in total. The van der Waals surface area contributed by atoms with Gasteiger partial charge in [-0.2, -0.15) is 0 Å². The van der Waals surface area contributed by atoms with Crippen LogP contribution in [0.4, 0.5) is 11.4 Å². The number of sulfonamides is 1. The van der Waals surface area contributed by atoms with Crippen molar-refractivity contribution in [2.24, 2.45) is 0 Å². The summed E-state index contributed by atoms with van der Waals surface area (Å²) in [6.45, 7) is 2.07. The lowest BCUT2D eigenvalue weighted by Gasteiger charge is -2.29. The Bertz CT molecular complexity index is 921. The zero-order valence-electron chi connectivity index (χ0n) is 16.0. The zero-order chi connectivity index (χ0) is 20.1. The maximum atomic E-state index is 12.4. The Balaban J connectivity index is 1.59. The molecule has 1 amide bonds. The van der Waals surface area contributed by atoms with E-state index in [1.165, 1.54) is 6.07 Å². The van der Waals surface area contributed by atoms with Gasteiger partial charge in [-0.15, -0.1) is 0 Å². The van der Waals surface area contributed by atoms with Crippen LogP contribution in [0.3, 0.4) is 0 Å². The molecule has 150 valence electrons. The number of anilines is 2. The van der Waals surface area contributed by atoms with Crippen molar-refractivity contribution in [3.05, 3.63) is 54.1 Å². The minimum atomic E-state index is -3.40. The van der Waals surface area contributed by atoms with Gasteiger partial charge in [-0.1, -0.05) is 6.07 Å². The summed E-state index contributed by atoms with van der Waals surface area (Å²) < 4.78 is 31.0. The molecule has 7 nitrogen and oxygen atoms in total. The molecule has 0 bridgehead atoms. The fourth-order valence-electron chi connectivity index (χ4n) is 3.05. The molecule has 1 aliphatic rings. The predicted octanol–water partition coefficient (Wildman–Crippen LogP) is 2.78. The Morgan fingerprint density at radius 2 is 1.75 bits per heavy atom. The largest absolute Gasteiger partial charge is 0.490 e. The lowest BCUT2D eigenvalue weighted by molar-refractivity contribution is 0.102. The molecule has 0 saturated carbocycles. The van der Waals surface area contributed by atoms with Crippen molar-refractivity contribution in [3.63, 3.8) is 0 Å². The Hall–Kier alpha value is -2.58. The summed E-state index contributed by atoms with van der Waals surface area (Å²) in [5, 5.41) is 2.81. The fourth-order valence-corrected chi connectivity index (χ4v) is 3.61. The van der Waals surface area contributed by atoms with Crippen molar-refractivity contribution < 1.29 is 17.9 Å². The standard InChI is InChI=1S/C20H25N3O4S/c1-23-12-10-19(11-13-23)27-18-8-6-16(7-9-18)21-20(24)15-4-3-5-17(14-15)22-28(2,25)26/h3-9,14,19,22H,10-13H2,1-2H3,(H,21,24). The Kier molecular flexibility index (Phi) is 6.21. The SMILES string of the molecule is CN1CCC(Oc2ccc(NC(=O)c3cccc(NS(C)(=O)=O)c3)cc2)CC1. The maximum absolute atomic E-state index is 12.4. The number of benzene rings is 2. The highest BCUT2D eigenvalue weighted by atomic mass is 32.2. The molecule has 2 aromatic rings. The molecule has 0 spiro atoms. The molecule has 1 aliphatic heterocycles. The first-order valence-electron chi connectivity index (χ1n) is 9.13. The second kappa shape index (κ2) is 8.62. The van der Waals surface area contributed by atoms with E-state index in [2.05, 4.69) is 22.0 Å². The lowest BCUT2D eigenvalue weighted by Crippen LogP contribution is -2.35. The van der Waals surface area contributed by atoms with E-state index < -0.39 is 10.0 Å². The topological polar surface area (TPSA) is 87.7 Å². The van der Waals surface area contributed by atoms with E-state index in [4.69, 9.17) is 4.74 Å². The van der Waals surface area contributed by atoms with Crippen LogP contribution in [0.2, 0.25) is 0 Å². The van der Waals surface area contributed by atoms with Crippen LogP contribution >= 0.6 is 0 Å².